The highest BCUT2D eigenvalue weighted by Crippen LogP contribution is 2.35. The summed E-state index contributed by atoms with van der Waals surface area (Å²) in [6, 6.07) is 0. The Morgan fingerprint density at radius 1 is 1.43 bits per heavy atom. The van der Waals surface area contributed by atoms with Crippen LogP contribution in [-0.4, -0.2) is 18.5 Å². The normalized spacial score (nSPS) is 27.2. The molecule has 1 heterocycles. The van der Waals surface area contributed by atoms with E-state index >= 15 is 0 Å². The molecule has 0 aromatic heterocycles. The second-order valence-electron chi connectivity index (χ2n) is 2.53. The molecule has 1 aliphatic rings. The zero-order valence-electron chi connectivity index (χ0n) is 6.77. The van der Waals surface area contributed by atoms with Crippen molar-refractivity contribution in [1.82, 2.24) is 0 Å². The molecule has 0 fully saturated rings. The van der Waals surface area contributed by atoms with Crippen molar-refractivity contribution in [3.8, 4) is 0 Å². The van der Waals surface area contributed by atoms with Crippen molar-refractivity contribution >= 4 is 0 Å². The predicted molar refractivity (Wildman–Crippen MR) is 33.2 cm³/mol. The minimum atomic E-state index is -4.76. The number of ether oxygens (including phenoxy) is 1. The molecule has 1 aliphatic heterocycles. The number of rotatable bonds is 2. The Hall–Kier alpha value is -1.05. The van der Waals surface area contributed by atoms with E-state index < -0.39 is 24.2 Å². The highest BCUT2D eigenvalue weighted by atomic mass is 19.4. The van der Waals surface area contributed by atoms with Gasteiger partial charge in [0.1, 0.15) is 0 Å². The van der Waals surface area contributed by atoms with Gasteiger partial charge in [0.15, 0.2) is 5.70 Å². The first-order valence-corrected chi connectivity index (χ1v) is 3.34. The summed E-state index contributed by atoms with van der Waals surface area (Å²) in [6.45, 7) is -2.33. The number of alkyl halides is 5. The minimum absolute atomic E-state index is 0.904. The average Bonchev–Trinajstić information content (AvgIpc) is 2.28. The molecule has 0 aromatic rings. The number of nitrogens with zero attached hydrogens (tertiary/aromatic N) is 2. The zero-order chi connectivity index (χ0) is 11.0. The number of allylic oxidation sites excluding steroid dienone is 1. The maximum Gasteiger partial charge on any atom is 0.435 e. The fourth-order valence-electron chi connectivity index (χ4n) is 0.769. The lowest BCUT2D eigenvalue weighted by atomic mass is 10.2. The van der Waals surface area contributed by atoms with Gasteiger partial charge < -0.3 is 0 Å². The molecule has 1 radical (unpaired) electrons. The first-order chi connectivity index (χ1) is 6.23. The predicted octanol–water partition coefficient (Wildman–Crippen LogP) is 2.66. The van der Waals surface area contributed by atoms with Crippen molar-refractivity contribution in [2.75, 3.05) is 0 Å². The topological polar surface area (TPSA) is 34.0 Å². The van der Waals surface area contributed by atoms with E-state index in [1.54, 1.807) is 6.08 Å². The van der Waals surface area contributed by atoms with Crippen molar-refractivity contribution in [1.29, 1.82) is 0 Å². The van der Waals surface area contributed by atoms with Crippen LogP contribution in [-0.2, 0) is 4.74 Å². The van der Waals surface area contributed by atoms with Crippen LogP contribution in [0.3, 0.4) is 0 Å². The summed E-state index contributed by atoms with van der Waals surface area (Å²) in [5.41, 5.74) is -3.61. The molecule has 0 saturated carbocycles. The maximum absolute atomic E-state index is 11.9. The Kier molecular flexibility index (Phi) is 2.57. The molecule has 14 heavy (non-hydrogen) atoms. The summed E-state index contributed by atoms with van der Waals surface area (Å²) in [5, 5.41) is 5.57. The zero-order valence-corrected chi connectivity index (χ0v) is 6.77. The smallest absolute Gasteiger partial charge is 0.288 e. The molecule has 1 unspecified atom stereocenters. The van der Waals surface area contributed by atoms with Crippen LogP contribution in [0.2, 0.25) is 0 Å². The lowest BCUT2D eigenvalue weighted by Crippen LogP contribution is -2.25. The summed E-state index contributed by atoms with van der Waals surface area (Å²) >= 11 is 0. The third kappa shape index (κ3) is 2.47. The van der Waals surface area contributed by atoms with E-state index in [4.69, 9.17) is 0 Å². The highest BCUT2D eigenvalue weighted by Gasteiger charge is 2.43. The van der Waals surface area contributed by atoms with Gasteiger partial charge in [-0.15, -0.1) is 10.2 Å². The molecule has 8 heteroatoms. The molecule has 0 spiro atoms. The molecule has 0 saturated heterocycles. The first-order valence-electron chi connectivity index (χ1n) is 3.34. The number of hydrogen-bond donors (Lipinski definition) is 0. The van der Waals surface area contributed by atoms with Crippen LogP contribution in [0.25, 0.3) is 0 Å². The minimum Gasteiger partial charge on any atom is -0.288 e. The van der Waals surface area contributed by atoms with Crippen molar-refractivity contribution in [3.63, 3.8) is 0 Å². The van der Waals surface area contributed by atoms with E-state index in [1.807, 2.05) is 0 Å². The van der Waals surface area contributed by atoms with Gasteiger partial charge in [0.05, 0.1) is 6.08 Å². The van der Waals surface area contributed by atoms with Crippen LogP contribution >= 0.6 is 0 Å². The molecular formula is C6H4F5N2O. The van der Waals surface area contributed by atoms with Crippen LogP contribution in [0.15, 0.2) is 15.9 Å². The molecule has 0 bridgehead atoms. The van der Waals surface area contributed by atoms with Gasteiger partial charge in [0, 0.05) is 0 Å². The fraction of sp³-hybridized carbons (Fsp3) is 0.667. The van der Waals surface area contributed by atoms with Crippen LogP contribution < -0.4 is 0 Å². The summed E-state index contributed by atoms with van der Waals surface area (Å²) in [6.07, 6.45) is -3.16. The van der Waals surface area contributed by atoms with Gasteiger partial charge in [-0.05, 0) is 6.92 Å². The largest absolute Gasteiger partial charge is 0.435 e. The molecule has 0 aliphatic carbocycles. The van der Waals surface area contributed by atoms with E-state index in [-0.39, 0.29) is 0 Å². The third-order valence-corrected chi connectivity index (χ3v) is 1.28. The van der Waals surface area contributed by atoms with Gasteiger partial charge >= 0.3 is 12.8 Å². The summed E-state index contributed by atoms with van der Waals surface area (Å²) in [7, 11) is 0. The third-order valence-electron chi connectivity index (χ3n) is 1.28. The maximum atomic E-state index is 11.9. The summed E-state index contributed by atoms with van der Waals surface area (Å²) in [4.78, 5) is 0. The summed E-state index contributed by atoms with van der Waals surface area (Å²) in [5.74, 6) is 0. The Labute approximate surface area is 75.3 Å². The van der Waals surface area contributed by atoms with Gasteiger partial charge in [-0.25, -0.2) is 0 Å². The molecule has 0 aromatic carbocycles. The highest BCUT2D eigenvalue weighted by molar-refractivity contribution is 5.11. The van der Waals surface area contributed by atoms with Crippen LogP contribution in [0.4, 0.5) is 22.0 Å². The van der Waals surface area contributed by atoms with Gasteiger partial charge in [-0.2, -0.15) is 22.0 Å². The SMILES string of the molecule is CC1(OC(F)F)[C]=C(C(F)(F)F)N=N1. The van der Waals surface area contributed by atoms with Gasteiger partial charge in [0.2, 0.25) is 5.72 Å². The second-order valence-corrected chi connectivity index (χ2v) is 2.53. The summed E-state index contributed by atoms with van der Waals surface area (Å²) < 4.78 is 63.0. The van der Waals surface area contributed by atoms with Gasteiger partial charge in [-0.1, -0.05) is 0 Å². The van der Waals surface area contributed by atoms with Crippen LogP contribution in [0.1, 0.15) is 6.92 Å². The van der Waals surface area contributed by atoms with Gasteiger partial charge in [-0.3, -0.25) is 4.74 Å². The van der Waals surface area contributed by atoms with Crippen molar-refractivity contribution in [2.24, 2.45) is 10.2 Å². The van der Waals surface area contributed by atoms with E-state index in [0.717, 1.165) is 6.92 Å². The van der Waals surface area contributed by atoms with Crippen LogP contribution in [0, 0.1) is 6.08 Å². The monoisotopic (exact) mass is 215 g/mol. The number of halogens is 5. The lowest BCUT2D eigenvalue weighted by molar-refractivity contribution is -0.186. The van der Waals surface area contributed by atoms with Crippen molar-refractivity contribution < 1.29 is 26.7 Å². The average molecular weight is 215 g/mol. The molecular weight excluding hydrogens is 211 g/mol. The quantitative estimate of drug-likeness (QED) is 0.652. The Bertz CT molecular complexity index is 284. The second kappa shape index (κ2) is 3.26. The van der Waals surface area contributed by atoms with E-state index in [0.29, 0.717) is 0 Å². The molecule has 1 rings (SSSR count). The van der Waals surface area contributed by atoms with Crippen molar-refractivity contribution in [3.05, 3.63) is 11.8 Å². The molecule has 79 valence electrons. The Morgan fingerprint density at radius 2 is 2.00 bits per heavy atom. The number of azo groups is 1. The fourth-order valence-corrected chi connectivity index (χ4v) is 0.769. The van der Waals surface area contributed by atoms with Crippen molar-refractivity contribution in [2.45, 2.75) is 25.4 Å². The molecule has 1 atom stereocenters. The lowest BCUT2D eigenvalue weighted by Gasteiger charge is -2.15. The number of hydrogen-bond acceptors (Lipinski definition) is 3. The van der Waals surface area contributed by atoms with Crippen LogP contribution in [0.5, 0.6) is 0 Å². The standard InChI is InChI=1S/C6H4F5N2O/c1-5(14-4(7)8)2-3(12-13-5)6(9,10)11/h4H,1H3. The first kappa shape index (κ1) is 11.0. The van der Waals surface area contributed by atoms with E-state index in [1.165, 1.54) is 0 Å². The molecule has 0 amide bonds. The van der Waals surface area contributed by atoms with E-state index in [9.17, 15) is 22.0 Å². The Balaban J connectivity index is 2.81. The van der Waals surface area contributed by atoms with E-state index in [2.05, 4.69) is 15.0 Å². The molecule has 0 N–H and O–H groups in total. The van der Waals surface area contributed by atoms with Gasteiger partial charge in [0.25, 0.3) is 0 Å². The molecule has 3 nitrogen and oxygen atoms in total. The Morgan fingerprint density at radius 3 is 2.36 bits per heavy atom.